The highest BCUT2D eigenvalue weighted by Crippen LogP contribution is 2.30. The van der Waals surface area contributed by atoms with E-state index < -0.39 is 10.0 Å². The third-order valence-electron chi connectivity index (χ3n) is 3.91. The Labute approximate surface area is 121 Å². The van der Waals surface area contributed by atoms with Crippen LogP contribution >= 0.6 is 0 Å². The molecular formula is C14H25N3O2S. The van der Waals surface area contributed by atoms with Crippen LogP contribution in [0.3, 0.4) is 0 Å². The summed E-state index contributed by atoms with van der Waals surface area (Å²) in [6.45, 7) is 8.37. The van der Waals surface area contributed by atoms with Crippen LogP contribution in [0.1, 0.15) is 39.3 Å². The van der Waals surface area contributed by atoms with Crippen molar-refractivity contribution < 1.29 is 8.42 Å². The van der Waals surface area contributed by atoms with E-state index >= 15 is 0 Å². The number of nitrogens with one attached hydrogen (secondary N) is 2. The van der Waals surface area contributed by atoms with Crippen molar-refractivity contribution in [2.75, 3.05) is 13.1 Å². The number of aromatic nitrogens is 1. The SMILES string of the molecule is CCNCc1cc(S(=O)(=O)N2CCCC2C(C)C)c[nH]1. The molecule has 6 heteroatoms. The molecule has 1 aromatic rings. The zero-order chi connectivity index (χ0) is 14.8. The Kier molecular flexibility index (Phi) is 4.88. The first-order chi connectivity index (χ1) is 9.46. The van der Waals surface area contributed by atoms with Crippen LogP contribution in [0.5, 0.6) is 0 Å². The summed E-state index contributed by atoms with van der Waals surface area (Å²) in [6.07, 6.45) is 3.53. The zero-order valence-electron chi connectivity index (χ0n) is 12.5. The van der Waals surface area contributed by atoms with Crippen LogP contribution < -0.4 is 5.32 Å². The molecular weight excluding hydrogens is 274 g/mol. The van der Waals surface area contributed by atoms with Crippen molar-refractivity contribution in [1.29, 1.82) is 0 Å². The maximum atomic E-state index is 12.7. The number of hydrogen-bond donors (Lipinski definition) is 2. The average Bonchev–Trinajstić information content (AvgIpc) is 3.05. The van der Waals surface area contributed by atoms with Gasteiger partial charge in [-0.1, -0.05) is 20.8 Å². The summed E-state index contributed by atoms with van der Waals surface area (Å²) < 4.78 is 27.1. The molecule has 0 saturated carbocycles. The van der Waals surface area contributed by atoms with E-state index in [9.17, 15) is 8.42 Å². The quantitative estimate of drug-likeness (QED) is 0.843. The van der Waals surface area contributed by atoms with E-state index in [4.69, 9.17) is 0 Å². The predicted octanol–water partition coefficient (Wildman–Crippen LogP) is 1.93. The monoisotopic (exact) mass is 299 g/mol. The second kappa shape index (κ2) is 6.28. The molecule has 1 atom stereocenters. The normalized spacial score (nSPS) is 20.9. The average molecular weight is 299 g/mol. The van der Waals surface area contributed by atoms with Crippen molar-refractivity contribution in [2.24, 2.45) is 5.92 Å². The first-order valence-electron chi connectivity index (χ1n) is 7.36. The third-order valence-corrected chi connectivity index (χ3v) is 5.81. The van der Waals surface area contributed by atoms with Gasteiger partial charge in [0.15, 0.2) is 0 Å². The second-order valence-electron chi connectivity index (χ2n) is 5.71. The van der Waals surface area contributed by atoms with Crippen molar-refractivity contribution in [3.63, 3.8) is 0 Å². The highest BCUT2D eigenvalue weighted by molar-refractivity contribution is 7.89. The minimum atomic E-state index is -3.36. The number of sulfonamides is 1. The van der Waals surface area contributed by atoms with Crippen LogP contribution in [0.4, 0.5) is 0 Å². The van der Waals surface area contributed by atoms with Gasteiger partial charge in [0, 0.05) is 31.0 Å². The van der Waals surface area contributed by atoms with Gasteiger partial charge in [-0.15, -0.1) is 0 Å². The molecule has 0 aromatic carbocycles. The zero-order valence-corrected chi connectivity index (χ0v) is 13.3. The van der Waals surface area contributed by atoms with E-state index in [1.165, 1.54) is 0 Å². The van der Waals surface area contributed by atoms with Crippen LogP contribution in [0, 0.1) is 5.92 Å². The summed E-state index contributed by atoms with van der Waals surface area (Å²) in [4.78, 5) is 3.43. The fourth-order valence-corrected chi connectivity index (χ4v) is 4.64. The van der Waals surface area contributed by atoms with Gasteiger partial charge in [-0.2, -0.15) is 4.31 Å². The number of rotatable bonds is 6. The summed E-state index contributed by atoms with van der Waals surface area (Å²) >= 11 is 0. The van der Waals surface area contributed by atoms with Gasteiger partial charge in [0.05, 0.1) is 4.90 Å². The minimum Gasteiger partial charge on any atom is -0.363 e. The molecule has 2 heterocycles. The van der Waals surface area contributed by atoms with Gasteiger partial charge in [-0.25, -0.2) is 8.42 Å². The summed E-state index contributed by atoms with van der Waals surface area (Å²) in [7, 11) is -3.36. The third kappa shape index (κ3) is 3.07. The highest BCUT2D eigenvalue weighted by Gasteiger charge is 2.37. The lowest BCUT2D eigenvalue weighted by atomic mass is 10.0. The fourth-order valence-electron chi connectivity index (χ4n) is 2.80. The van der Waals surface area contributed by atoms with Crippen LogP contribution in [-0.4, -0.2) is 36.8 Å². The molecule has 0 bridgehead atoms. The van der Waals surface area contributed by atoms with Gasteiger partial charge in [0.2, 0.25) is 10.0 Å². The molecule has 1 aromatic heterocycles. The Bertz CT molecular complexity index is 536. The Morgan fingerprint density at radius 3 is 2.90 bits per heavy atom. The van der Waals surface area contributed by atoms with Gasteiger partial charge >= 0.3 is 0 Å². The molecule has 5 nitrogen and oxygen atoms in total. The Hall–Kier alpha value is -0.850. The van der Waals surface area contributed by atoms with E-state index in [-0.39, 0.29) is 6.04 Å². The smallest absolute Gasteiger partial charge is 0.244 e. The summed E-state index contributed by atoms with van der Waals surface area (Å²) in [6, 6.07) is 1.88. The van der Waals surface area contributed by atoms with Crippen molar-refractivity contribution >= 4 is 10.0 Å². The maximum absolute atomic E-state index is 12.7. The number of aromatic amines is 1. The molecule has 1 aliphatic rings. The van der Waals surface area contributed by atoms with E-state index in [1.54, 1.807) is 16.6 Å². The first-order valence-corrected chi connectivity index (χ1v) is 8.80. The summed E-state index contributed by atoms with van der Waals surface area (Å²) in [5, 5.41) is 3.19. The molecule has 2 N–H and O–H groups in total. The van der Waals surface area contributed by atoms with Crippen LogP contribution in [-0.2, 0) is 16.6 Å². The van der Waals surface area contributed by atoms with Crippen molar-refractivity contribution in [3.8, 4) is 0 Å². The van der Waals surface area contributed by atoms with E-state index in [0.29, 0.717) is 23.9 Å². The number of H-pyrrole nitrogens is 1. The molecule has 0 radical (unpaired) electrons. The molecule has 0 amide bonds. The summed E-state index contributed by atoms with van der Waals surface area (Å²) in [5.41, 5.74) is 0.908. The molecule has 1 unspecified atom stereocenters. The van der Waals surface area contributed by atoms with Gasteiger partial charge < -0.3 is 10.3 Å². The Balaban J connectivity index is 2.19. The van der Waals surface area contributed by atoms with Gasteiger partial charge in [0.1, 0.15) is 0 Å². The van der Waals surface area contributed by atoms with E-state index in [1.807, 2.05) is 6.92 Å². The van der Waals surface area contributed by atoms with E-state index in [0.717, 1.165) is 25.1 Å². The lowest BCUT2D eigenvalue weighted by Gasteiger charge is -2.26. The number of hydrogen-bond acceptors (Lipinski definition) is 3. The molecule has 2 rings (SSSR count). The highest BCUT2D eigenvalue weighted by atomic mass is 32.2. The van der Waals surface area contributed by atoms with Crippen molar-refractivity contribution in [1.82, 2.24) is 14.6 Å². The molecule has 1 saturated heterocycles. The Morgan fingerprint density at radius 1 is 1.50 bits per heavy atom. The first kappa shape index (κ1) is 15.5. The lowest BCUT2D eigenvalue weighted by Crippen LogP contribution is -2.38. The minimum absolute atomic E-state index is 0.132. The van der Waals surface area contributed by atoms with Crippen molar-refractivity contribution in [3.05, 3.63) is 18.0 Å². The van der Waals surface area contributed by atoms with Crippen LogP contribution in [0.25, 0.3) is 0 Å². The predicted molar refractivity (Wildman–Crippen MR) is 79.9 cm³/mol. The Morgan fingerprint density at radius 2 is 2.25 bits per heavy atom. The molecule has 1 aliphatic heterocycles. The molecule has 114 valence electrons. The van der Waals surface area contributed by atoms with Crippen molar-refractivity contribution in [2.45, 2.75) is 51.1 Å². The topological polar surface area (TPSA) is 65.2 Å². The largest absolute Gasteiger partial charge is 0.363 e. The van der Waals surface area contributed by atoms with E-state index in [2.05, 4.69) is 24.1 Å². The summed E-state index contributed by atoms with van der Waals surface area (Å²) in [5.74, 6) is 0.354. The maximum Gasteiger partial charge on any atom is 0.244 e. The molecule has 0 aliphatic carbocycles. The van der Waals surface area contributed by atoms with Gasteiger partial charge in [-0.3, -0.25) is 0 Å². The number of nitrogens with zero attached hydrogens (tertiary/aromatic N) is 1. The van der Waals surface area contributed by atoms with Crippen LogP contribution in [0.15, 0.2) is 17.2 Å². The lowest BCUT2D eigenvalue weighted by molar-refractivity contribution is 0.316. The fraction of sp³-hybridized carbons (Fsp3) is 0.714. The van der Waals surface area contributed by atoms with Crippen LogP contribution in [0.2, 0.25) is 0 Å². The second-order valence-corrected chi connectivity index (χ2v) is 7.60. The molecule has 1 fully saturated rings. The standard InChI is InChI=1S/C14H25N3O2S/c1-4-15-9-12-8-13(10-16-12)20(18,19)17-7-5-6-14(17)11(2)3/h8,10-11,14-16H,4-7,9H2,1-3H3. The van der Waals surface area contributed by atoms with Gasteiger partial charge in [-0.05, 0) is 31.4 Å². The van der Waals surface area contributed by atoms with Gasteiger partial charge in [0.25, 0.3) is 0 Å². The molecule has 20 heavy (non-hydrogen) atoms. The molecule has 0 spiro atoms.